The van der Waals surface area contributed by atoms with E-state index in [1.54, 1.807) is 17.9 Å². The van der Waals surface area contributed by atoms with Gasteiger partial charge in [0.2, 0.25) is 0 Å². The molecular formula is C12H15N3O2. The largest absolute Gasteiger partial charge is 0.497 e. The minimum absolute atomic E-state index is 0.424. The van der Waals surface area contributed by atoms with Crippen molar-refractivity contribution in [2.45, 2.75) is 6.61 Å². The predicted molar refractivity (Wildman–Crippen MR) is 64.9 cm³/mol. The Labute approximate surface area is 99.8 Å². The quantitative estimate of drug-likeness (QED) is 0.871. The van der Waals surface area contributed by atoms with Crippen LogP contribution in [0.5, 0.6) is 11.5 Å². The Hall–Kier alpha value is -2.17. The highest BCUT2D eigenvalue weighted by molar-refractivity contribution is 5.33. The summed E-state index contributed by atoms with van der Waals surface area (Å²) in [6.07, 6.45) is 1.70. The van der Waals surface area contributed by atoms with Gasteiger partial charge in [0.15, 0.2) is 5.95 Å². The number of rotatable bonds is 4. The summed E-state index contributed by atoms with van der Waals surface area (Å²) in [5.74, 6) is 2.00. The van der Waals surface area contributed by atoms with Gasteiger partial charge in [-0.2, -0.15) is 0 Å². The van der Waals surface area contributed by atoms with Crippen molar-refractivity contribution in [1.82, 2.24) is 9.55 Å². The highest BCUT2D eigenvalue weighted by atomic mass is 16.5. The Morgan fingerprint density at radius 3 is 2.76 bits per heavy atom. The van der Waals surface area contributed by atoms with Crippen LogP contribution >= 0.6 is 0 Å². The molecule has 0 radical (unpaired) electrons. The van der Waals surface area contributed by atoms with Crippen LogP contribution in [0.25, 0.3) is 0 Å². The number of nitrogen functional groups attached to an aromatic ring is 1. The molecule has 5 heteroatoms. The average Bonchev–Trinajstić information content (AvgIpc) is 2.68. The van der Waals surface area contributed by atoms with Crippen molar-refractivity contribution >= 4 is 5.95 Å². The van der Waals surface area contributed by atoms with Gasteiger partial charge in [0, 0.05) is 13.1 Å². The van der Waals surface area contributed by atoms with E-state index in [2.05, 4.69) is 4.98 Å². The van der Waals surface area contributed by atoms with E-state index in [1.165, 1.54) is 0 Å². The van der Waals surface area contributed by atoms with Crippen LogP contribution in [0.2, 0.25) is 0 Å². The Morgan fingerprint density at radius 1 is 1.35 bits per heavy atom. The number of anilines is 1. The summed E-state index contributed by atoms with van der Waals surface area (Å²) in [5, 5.41) is 0. The minimum atomic E-state index is 0.424. The zero-order valence-electron chi connectivity index (χ0n) is 9.88. The van der Waals surface area contributed by atoms with Gasteiger partial charge >= 0.3 is 0 Å². The molecule has 0 bridgehead atoms. The third kappa shape index (κ3) is 2.50. The van der Waals surface area contributed by atoms with Gasteiger partial charge in [-0.1, -0.05) is 6.07 Å². The van der Waals surface area contributed by atoms with E-state index in [0.29, 0.717) is 12.6 Å². The van der Waals surface area contributed by atoms with Crippen molar-refractivity contribution in [3.05, 3.63) is 36.2 Å². The molecule has 17 heavy (non-hydrogen) atoms. The van der Waals surface area contributed by atoms with Gasteiger partial charge in [0.1, 0.15) is 18.1 Å². The molecule has 2 rings (SSSR count). The van der Waals surface area contributed by atoms with Crippen molar-refractivity contribution in [2.24, 2.45) is 7.05 Å². The van der Waals surface area contributed by atoms with Crippen molar-refractivity contribution in [2.75, 3.05) is 12.8 Å². The fraction of sp³-hybridized carbons (Fsp3) is 0.250. The van der Waals surface area contributed by atoms with Crippen molar-refractivity contribution < 1.29 is 9.47 Å². The zero-order valence-corrected chi connectivity index (χ0v) is 9.88. The lowest BCUT2D eigenvalue weighted by atomic mass is 10.3. The number of imidazole rings is 1. The molecule has 0 aliphatic carbocycles. The van der Waals surface area contributed by atoms with Crippen molar-refractivity contribution in [1.29, 1.82) is 0 Å². The lowest BCUT2D eigenvalue weighted by Crippen LogP contribution is -2.04. The lowest BCUT2D eigenvalue weighted by Gasteiger charge is -2.08. The highest BCUT2D eigenvalue weighted by Crippen LogP contribution is 2.20. The molecule has 0 saturated carbocycles. The third-order valence-corrected chi connectivity index (χ3v) is 2.55. The second kappa shape index (κ2) is 4.78. The SMILES string of the molecule is COc1cccc(OCc2cnc(N)n2C)c1. The molecule has 0 spiro atoms. The zero-order chi connectivity index (χ0) is 12.3. The van der Waals surface area contributed by atoms with E-state index >= 15 is 0 Å². The lowest BCUT2D eigenvalue weighted by molar-refractivity contribution is 0.295. The maximum atomic E-state index is 5.63. The number of benzene rings is 1. The summed E-state index contributed by atoms with van der Waals surface area (Å²) >= 11 is 0. The first-order valence-electron chi connectivity index (χ1n) is 5.23. The molecule has 2 aromatic rings. The second-order valence-corrected chi connectivity index (χ2v) is 3.63. The van der Waals surface area contributed by atoms with Crippen LogP contribution in [-0.2, 0) is 13.7 Å². The van der Waals surface area contributed by atoms with Gasteiger partial charge < -0.3 is 19.8 Å². The van der Waals surface area contributed by atoms with Crippen molar-refractivity contribution in [3.63, 3.8) is 0 Å². The fourth-order valence-corrected chi connectivity index (χ4v) is 1.44. The monoisotopic (exact) mass is 233 g/mol. The first-order valence-corrected chi connectivity index (χ1v) is 5.23. The van der Waals surface area contributed by atoms with E-state index in [0.717, 1.165) is 17.2 Å². The van der Waals surface area contributed by atoms with Gasteiger partial charge in [0.05, 0.1) is 19.0 Å². The second-order valence-electron chi connectivity index (χ2n) is 3.63. The van der Waals surface area contributed by atoms with Crippen LogP contribution in [0.3, 0.4) is 0 Å². The molecule has 0 aliphatic heterocycles. The van der Waals surface area contributed by atoms with Gasteiger partial charge in [-0.15, -0.1) is 0 Å². The van der Waals surface area contributed by atoms with Crippen LogP contribution in [-0.4, -0.2) is 16.7 Å². The van der Waals surface area contributed by atoms with E-state index in [1.807, 2.05) is 31.3 Å². The molecule has 0 aliphatic rings. The number of hydrogen-bond donors (Lipinski definition) is 1. The maximum Gasteiger partial charge on any atom is 0.200 e. The van der Waals surface area contributed by atoms with E-state index < -0.39 is 0 Å². The molecule has 0 unspecified atom stereocenters. The average molecular weight is 233 g/mol. The van der Waals surface area contributed by atoms with Crippen LogP contribution in [0.4, 0.5) is 5.95 Å². The molecule has 1 aromatic carbocycles. The first kappa shape index (κ1) is 11.3. The summed E-state index contributed by atoms with van der Waals surface area (Å²) in [4.78, 5) is 4.00. The number of hydrogen-bond acceptors (Lipinski definition) is 4. The molecular weight excluding hydrogens is 218 g/mol. The van der Waals surface area contributed by atoms with E-state index in [-0.39, 0.29) is 0 Å². The number of nitrogens with zero attached hydrogens (tertiary/aromatic N) is 2. The van der Waals surface area contributed by atoms with Crippen LogP contribution in [0, 0.1) is 0 Å². The van der Waals surface area contributed by atoms with Gasteiger partial charge in [-0.3, -0.25) is 0 Å². The summed E-state index contributed by atoms with van der Waals surface area (Å²) in [5.41, 5.74) is 6.55. The molecule has 1 heterocycles. The molecule has 5 nitrogen and oxygen atoms in total. The fourth-order valence-electron chi connectivity index (χ4n) is 1.44. The molecule has 0 amide bonds. The minimum Gasteiger partial charge on any atom is -0.497 e. The number of methoxy groups -OCH3 is 1. The number of aromatic nitrogens is 2. The van der Waals surface area contributed by atoms with Gasteiger partial charge in [-0.25, -0.2) is 4.98 Å². The smallest absolute Gasteiger partial charge is 0.200 e. The maximum absolute atomic E-state index is 5.63. The summed E-state index contributed by atoms with van der Waals surface area (Å²) in [7, 11) is 3.48. The first-order chi connectivity index (χ1) is 8.20. The highest BCUT2D eigenvalue weighted by Gasteiger charge is 2.04. The Balaban J connectivity index is 2.04. The summed E-state index contributed by atoms with van der Waals surface area (Å²) in [6, 6.07) is 7.46. The molecule has 2 N–H and O–H groups in total. The third-order valence-electron chi connectivity index (χ3n) is 2.55. The summed E-state index contributed by atoms with van der Waals surface area (Å²) < 4.78 is 12.5. The molecule has 0 saturated heterocycles. The van der Waals surface area contributed by atoms with E-state index in [4.69, 9.17) is 15.2 Å². The number of ether oxygens (including phenoxy) is 2. The van der Waals surface area contributed by atoms with Crippen LogP contribution in [0.1, 0.15) is 5.69 Å². The Bertz CT molecular complexity index is 508. The molecule has 1 aromatic heterocycles. The van der Waals surface area contributed by atoms with Gasteiger partial charge in [0.25, 0.3) is 0 Å². The van der Waals surface area contributed by atoms with Crippen molar-refractivity contribution in [3.8, 4) is 11.5 Å². The Kier molecular flexibility index (Phi) is 3.18. The van der Waals surface area contributed by atoms with Gasteiger partial charge in [-0.05, 0) is 12.1 Å². The predicted octanol–water partition coefficient (Wildman–Crippen LogP) is 1.59. The topological polar surface area (TPSA) is 62.3 Å². The molecule has 90 valence electrons. The Morgan fingerprint density at radius 2 is 2.12 bits per heavy atom. The molecule has 0 atom stereocenters. The van der Waals surface area contributed by atoms with E-state index in [9.17, 15) is 0 Å². The normalized spacial score (nSPS) is 10.2. The summed E-state index contributed by atoms with van der Waals surface area (Å²) in [6.45, 7) is 0.424. The standard InChI is InChI=1S/C12H15N3O2/c1-15-9(7-14-12(15)13)8-17-11-5-3-4-10(6-11)16-2/h3-7H,8H2,1-2H3,(H2,13,14). The molecule has 0 fully saturated rings. The number of nitrogens with two attached hydrogens (primary N) is 1. The van der Waals surface area contributed by atoms with Crippen LogP contribution in [0.15, 0.2) is 30.5 Å². The van der Waals surface area contributed by atoms with Crippen LogP contribution < -0.4 is 15.2 Å².